The summed E-state index contributed by atoms with van der Waals surface area (Å²) in [5.41, 5.74) is 4.69. The van der Waals surface area contributed by atoms with Crippen molar-refractivity contribution in [1.29, 1.82) is 0 Å². The number of benzene rings is 1. The van der Waals surface area contributed by atoms with Gasteiger partial charge in [0.25, 0.3) is 5.91 Å². The summed E-state index contributed by atoms with van der Waals surface area (Å²) in [6.45, 7) is 3.33. The van der Waals surface area contributed by atoms with E-state index in [0.717, 1.165) is 0 Å². The lowest BCUT2D eigenvalue weighted by molar-refractivity contribution is -0.122. The Morgan fingerprint density at radius 2 is 1.96 bits per heavy atom. The van der Waals surface area contributed by atoms with E-state index < -0.39 is 17.4 Å². The number of carbonyl (C=O) groups is 3. The second-order valence-electron chi connectivity index (χ2n) is 5.11. The molecule has 0 aliphatic carbocycles. The number of methoxy groups -OCH3 is 1. The SMILES string of the molecule is CCC(C)(NC(=O)c1cc(Cl)c(N)c(C(=O)OC)c1)C(=O)CCl. The lowest BCUT2D eigenvalue weighted by Gasteiger charge is -2.27. The van der Waals surface area contributed by atoms with Crippen molar-refractivity contribution >= 4 is 46.5 Å². The van der Waals surface area contributed by atoms with Crippen LogP contribution in [0.1, 0.15) is 41.0 Å². The van der Waals surface area contributed by atoms with Crippen LogP contribution in [0.5, 0.6) is 0 Å². The number of amides is 1. The molecule has 6 nitrogen and oxygen atoms in total. The summed E-state index contributed by atoms with van der Waals surface area (Å²) < 4.78 is 4.60. The number of nitrogens with two attached hydrogens (primary N) is 1. The lowest BCUT2D eigenvalue weighted by Crippen LogP contribution is -2.52. The molecule has 3 N–H and O–H groups in total. The number of Topliss-reactive ketones (excluding diaryl/α,β-unsaturated/α-hetero) is 1. The van der Waals surface area contributed by atoms with Gasteiger partial charge >= 0.3 is 5.97 Å². The summed E-state index contributed by atoms with van der Waals surface area (Å²) in [5, 5.41) is 2.66. The van der Waals surface area contributed by atoms with Crippen LogP contribution in [0.4, 0.5) is 5.69 Å². The van der Waals surface area contributed by atoms with Crippen LogP contribution >= 0.6 is 23.2 Å². The zero-order valence-corrected chi connectivity index (χ0v) is 14.5. The molecule has 0 bridgehead atoms. The van der Waals surface area contributed by atoms with Gasteiger partial charge in [0.1, 0.15) is 0 Å². The van der Waals surface area contributed by atoms with Gasteiger partial charge in [-0.3, -0.25) is 9.59 Å². The number of hydrogen-bond donors (Lipinski definition) is 2. The van der Waals surface area contributed by atoms with Gasteiger partial charge in [0, 0.05) is 5.56 Å². The molecule has 0 aliphatic rings. The minimum Gasteiger partial charge on any atom is -0.465 e. The smallest absolute Gasteiger partial charge is 0.340 e. The molecule has 1 unspecified atom stereocenters. The number of alkyl halides is 1. The van der Waals surface area contributed by atoms with Crippen molar-refractivity contribution in [3.05, 3.63) is 28.3 Å². The Morgan fingerprint density at radius 3 is 2.43 bits per heavy atom. The average molecular weight is 361 g/mol. The van der Waals surface area contributed by atoms with E-state index in [0.29, 0.717) is 6.42 Å². The van der Waals surface area contributed by atoms with Gasteiger partial charge in [0.2, 0.25) is 0 Å². The molecule has 0 saturated heterocycles. The van der Waals surface area contributed by atoms with E-state index in [9.17, 15) is 14.4 Å². The third-order valence-corrected chi connectivity index (χ3v) is 4.19. The fraction of sp³-hybridized carbons (Fsp3) is 0.400. The molecular formula is C15H18Cl2N2O4. The van der Waals surface area contributed by atoms with Gasteiger partial charge in [-0.1, -0.05) is 18.5 Å². The molecule has 1 aromatic carbocycles. The predicted molar refractivity (Wildman–Crippen MR) is 89.1 cm³/mol. The first-order valence-corrected chi connectivity index (χ1v) is 7.70. The second-order valence-corrected chi connectivity index (χ2v) is 5.78. The van der Waals surface area contributed by atoms with E-state index in [1.54, 1.807) is 13.8 Å². The third kappa shape index (κ3) is 4.14. The molecule has 0 radical (unpaired) electrons. The zero-order chi connectivity index (χ0) is 17.8. The Bertz CT molecular complexity index is 649. The molecule has 0 heterocycles. The Balaban J connectivity index is 3.21. The Hall–Kier alpha value is -1.79. The molecule has 1 aromatic rings. The van der Waals surface area contributed by atoms with Crippen molar-refractivity contribution in [2.75, 3.05) is 18.7 Å². The minimum atomic E-state index is -1.11. The number of nitrogen functional groups attached to an aromatic ring is 1. The molecule has 8 heteroatoms. The molecule has 0 aliphatic heterocycles. The molecule has 0 spiro atoms. The number of ketones is 1. The number of ether oxygens (including phenoxy) is 1. The molecule has 23 heavy (non-hydrogen) atoms. The average Bonchev–Trinajstić information content (AvgIpc) is 2.55. The van der Waals surface area contributed by atoms with E-state index in [1.165, 1.54) is 19.2 Å². The summed E-state index contributed by atoms with van der Waals surface area (Å²) in [7, 11) is 1.19. The highest BCUT2D eigenvalue weighted by Crippen LogP contribution is 2.26. The molecule has 0 aromatic heterocycles. The van der Waals surface area contributed by atoms with Crippen LogP contribution in [0.2, 0.25) is 5.02 Å². The van der Waals surface area contributed by atoms with Crippen molar-refractivity contribution in [1.82, 2.24) is 5.32 Å². The van der Waals surface area contributed by atoms with E-state index >= 15 is 0 Å². The third-order valence-electron chi connectivity index (χ3n) is 3.63. The number of hydrogen-bond acceptors (Lipinski definition) is 5. The molecule has 0 saturated carbocycles. The quantitative estimate of drug-likeness (QED) is 0.461. The van der Waals surface area contributed by atoms with Crippen LogP contribution in [0, 0.1) is 0 Å². The Morgan fingerprint density at radius 1 is 1.35 bits per heavy atom. The van der Waals surface area contributed by atoms with Gasteiger partial charge in [-0.05, 0) is 25.5 Å². The first kappa shape index (κ1) is 19.3. The number of rotatable bonds is 6. The van der Waals surface area contributed by atoms with Crippen molar-refractivity contribution in [2.45, 2.75) is 25.8 Å². The highest BCUT2D eigenvalue weighted by molar-refractivity contribution is 6.34. The van der Waals surface area contributed by atoms with Crippen LogP contribution < -0.4 is 11.1 Å². The van der Waals surface area contributed by atoms with E-state index in [2.05, 4.69) is 10.1 Å². The van der Waals surface area contributed by atoms with Crippen LogP contribution in [0.3, 0.4) is 0 Å². The molecular weight excluding hydrogens is 343 g/mol. The maximum absolute atomic E-state index is 12.4. The van der Waals surface area contributed by atoms with Gasteiger partial charge in [-0.15, -0.1) is 11.6 Å². The number of anilines is 1. The van der Waals surface area contributed by atoms with Gasteiger partial charge < -0.3 is 15.8 Å². The highest BCUT2D eigenvalue weighted by atomic mass is 35.5. The number of nitrogens with one attached hydrogen (secondary N) is 1. The van der Waals surface area contributed by atoms with Crippen LogP contribution in [-0.2, 0) is 9.53 Å². The van der Waals surface area contributed by atoms with Crippen molar-refractivity contribution in [2.24, 2.45) is 0 Å². The fourth-order valence-corrected chi connectivity index (χ4v) is 2.37. The van der Waals surface area contributed by atoms with Crippen molar-refractivity contribution in [3.8, 4) is 0 Å². The normalized spacial score (nSPS) is 13.1. The van der Waals surface area contributed by atoms with E-state index in [1.807, 2.05) is 0 Å². The van der Waals surface area contributed by atoms with Crippen molar-refractivity contribution < 1.29 is 19.1 Å². The molecule has 1 amide bonds. The van der Waals surface area contributed by atoms with Gasteiger partial charge in [0.05, 0.1) is 34.8 Å². The van der Waals surface area contributed by atoms with Gasteiger partial charge in [-0.25, -0.2) is 4.79 Å². The summed E-state index contributed by atoms with van der Waals surface area (Å²) in [4.78, 5) is 36.0. The second kappa shape index (κ2) is 7.66. The van der Waals surface area contributed by atoms with Crippen LogP contribution in [0.15, 0.2) is 12.1 Å². The standard InChI is InChI=1S/C15H18Cl2N2O4/c1-4-15(2,11(20)7-16)19-13(21)8-5-9(14(22)23-3)12(18)10(17)6-8/h5-6H,4,7,18H2,1-3H3,(H,19,21). The lowest BCUT2D eigenvalue weighted by atomic mass is 9.93. The monoisotopic (exact) mass is 360 g/mol. The van der Waals surface area contributed by atoms with Crippen LogP contribution in [0.25, 0.3) is 0 Å². The summed E-state index contributed by atoms with van der Waals surface area (Å²) in [6.07, 6.45) is 0.358. The summed E-state index contributed by atoms with van der Waals surface area (Å²) >= 11 is 11.5. The van der Waals surface area contributed by atoms with Gasteiger partial charge in [0.15, 0.2) is 5.78 Å². The fourth-order valence-electron chi connectivity index (χ4n) is 1.85. The largest absolute Gasteiger partial charge is 0.465 e. The Kier molecular flexibility index (Phi) is 6.41. The van der Waals surface area contributed by atoms with E-state index in [4.69, 9.17) is 28.9 Å². The van der Waals surface area contributed by atoms with Crippen LogP contribution in [-0.4, -0.2) is 36.2 Å². The summed E-state index contributed by atoms with van der Waals surface area (Å²) in [6, 6.07) is 2.59. The topological polar surface area (TPSA) is 98.5 Å². The number of esters is 1. The predicted octanol–water partition coefficient (Wildman–Crippen LogP) is 2.42. The highest BCUT2D eigenvalue weighted by Gasteiger charge is 2.32. The number of carbonyl (C=O) groups excluding carboxylic acids is 3. The molecule has 126 valence electrons. The van der Waals surface area contributed by atoms with Crippen molar-refractivity contribution in [3.63, 3.8) is 0 Å². The zero-order valence-electron chi connectivity index (χ0n) is 13.0. The first-order valence-electron chi connectivity index (χ1n) is 6.79. The van der Waals surface area contributed by atoms with Gasteiger partial charge in [-0.2, -0.15) is 0 Å². The molecule has 0 fully saturated rings. The Labute approximate surface area is 144 Å². The minimum absolute atomic E-state index is 0.0187. The molecule has 1 rings (SSSR count). The van der Waals surface area contributed by atoms with E-state index in [-0.39, 0.29) is 33.5 Å². The number of halogens is 2. The maximum atomic E-state index is 12.4. The first-order chi connectivity index (χ1) is 10.7. The molecule has 1 atom stereocenters. The maximum Gasteiger partial charge on any atom is 0.340 e. The summed E-state index contributed by atoms with van der Waals surface area (Å²) in [5.74, 6) is -1.82.